The zero-order valence-corrected chi connectivity index (χ0v) is 10.4. The summed E-state index contributed by atoms with van der Waals surface area (Å²) in [5.41, 5.74) is 2.08. The first-order chi connectivity index (χ1) is 8.09. The average Bonchev–Trinajstić information content (AvgIpc) is 2.89. The number of carboxylic acids is 1. The summed E-state index contributed by atoms with van der Waals surface area (Å²) in [5.74, 6) is -0.921. The second kappa shape index (κ2) is 4.55. The third-order valence-electron chi connectivity index (χ3n) is 2.59. The lowest BCUT2D eigenvalue weighted by atomic mass is 10.1. The highest BCUT2D eigenvalue weighted by molar-refractivity contribution is 7.11. The topological polar surface area (TPSA) is 55.1 Å². The van der Waals surface area contributed by atoms with Crippen LogP contribution in [-0.4, -0.2) is 20.9 Å². The molecule has 5 heteroatoms. The van der Waals surface area contributed by atoms with Crippen molar-refractivity contribution >= 4 is 29.0 Å². The number of aliphatic carboxylic acids is 1. The fourth-order valence-electron chi connectivity index (χ4n) is 1.48. The zero-order valence-electron chi connectivity index (χ0n) is 9.54. The number of thiophene rings is 1. The van der Waals surface area contributed by atoms with Crippen LogP contribution in [0.1, 0.15) is 16.1 Å². The Kier molecular flexibility index (Phi) is 3.10. The number of rotatable bonds is 3. The lowest BCUT2D eigenvalue weighted by Crippen LogP contribution is -1.98. The second-order valence-corrected chi connectivity index (χ2v) is 4.60. The van der Waals surface area contributed by atoms with E-state index in [9.17, 15) is 9.90 Å². The smallest absolute Gasteiger partial charge is 0.337 e. The van der Waals surface area contributed by atoms with Crippen LogP contribution >= 0.6 is 11.3 Å². The third kappa shape index (κ3) is 2.29. The van der Waals surface area contributed by atoms with E-state index in [4.69, 9.17) is 0 Å². The van der Waals surface area contributed by atoms with Gasteiger partial charge in [-0.1, -0.05) is 6.07 Å². The Bertz CT molecular complexity index is 567. The van der Waals surface area contributed by atoms with Crippen molar-refractivity contribution in [1.29, 1.82) is 0 Å². The van der Waals surface area contributed by atoms with E-state index in [0.717, 1.165) is 16.1 Å². The number of hydrogen-bond acceptors (Lipinski definition) is 3. The Labute approximate surface area is 103 Å². The average molecular weight is 248 g/mol. The molecule has 0 aliphatic carbocycles. The van der Waals surface area contributed by atoms with E-state index < -0.39 is 5.97 Å². The van der Waals surface area contributed by atoms with Crippen LogP contribution < -0.4 is 0 Å². The first kappa shape index (κ1) is 11.6. The van der Waals surface area contributed by atoms with Gasteiger partial charge in [-0.3, -0.25) is 4.68 Å². The molecule has 0 aromatic carbocycles. The van der Waals surface area contributed by atoms with Gasteiger partial charge in [-0.15, -0.1) is 11.3 Å². The van der Waals surface area contributed by atoms with Crippen LogP contribution in [-0.2, 0) is 11.8 Å². The molecule has 2 rings (SSSR count). The highest BCUT2D eigenvalue weighted by Gasteiger charge is 2.12. The monoisotopic (exact) mass is 248 g/mol. The predicted molar refractivity (Wildman–Crippen MR) is 67.8 cm³/mol. The number of nitrogens with zero attached hydrogens (tertiary/aromatic N) is 2. The van der Waals surface area contributed by atoms with Crippen LogP contribution in [0.4, 0.5) is 0 Å². The van der Waals surface area contributed by atoms with Gasteiger partial charge in [0.25, 0.3) is 0 Å². The number of hydrogen-bond donors (Lipinski definition) is 1. The normalized spacial score (nSPS) is 11.8. The zero-order chi connectivity index (χ0) is 12.4. The van der Waals surface area contributed by atoms with Gasteiger partial charge in [-0.05, 0) is 24.4 Å². The van der Waals surface area contributed by atoms with Gasteiger partial charge in [0.05, 0.1) is 11.8 Å². The minimum absolute atomic E-state index is 0.302. The molecule has 0 fully saturated rings. The lowest BCUT2D eigenvalue weighted by Gasteiger charge is -1.99. The molecule has 88 valence electrons. The van der Waals surface area contributed by atoms with Crippen LogP contribution in [0.2, 0.25) is 0 Å². The minimum atomic E-state index is -0.921. The Balaban J connectivity index is 2.48. The van der Waals surface area contributed by atoms with Crippen molar-refractivity contribution in [3.8, 4) is 0 Å². The second-order valence-electron chi connectivity index (χ2n) is 3.65. The van der Waals surface area contributed by atoms with Crippen molar-refractivity contribution in [3.05, 3.63) is 39.8 Å². The summed E-state index contributed by atoms with van der Waals surface area (Å²) in [7, 11) is 1.83. The molecule has 0 unspecified atom stereocenters. The first-order valence-electron chi connectivity index (χ1n) is 5.07. The summed E-state index contributed by atoms with van der Waals surface area (Å²) in [6, 6.07) is 3.64. The van der Waals surface area contributed by atoms with Crippen LogP contribution in [0.5, 0.6) is 0 Å². The van der Waals surface area contributed by atoms with Crippen molar-refractivity contribution < 1.29 is 9.90 Å². The summed E-state index contributed by atoms with van der Waals surface area (Å²) < 4.78 is 1.72. The molecular weight excluding hydrogens is 236 g/mol. The molecule has 2 aromatic heterocycles. The molecule has 0 saturated heterocycles. The van der Waals surface area contributed by atoms with Crippen molar-refractivity contribution in [3.63, 3.8) is 0 Å². The molecule has 0 radical (unpaired) electrons. The van der Waals surface area contributed by atoms with E-state index in [1.807, 2.05) is 25.4 Å². The maximum absolute atomic E-state index is 11.2. The molecule has 0 aliphatic rings. The van der Waals surface area contributed by atoms with Gasteiger partial charge in [0, 0.05) is 23.2 Å². The standard InChI is InChI=1S/C12H12N2O2S/c1-8-9(7-13-14(8)2)6-10(12(15)16)11-4-3-5-17-11/h3-7H,1-2H3,(H,15,16). The quantitative estimate of drug-likeness (QED) is 0.849. The molecule has 2 heterocycles. The molecule has 0 aliphatic heterocycles. The van der Waals surface area contributed by atoms with Crippen LogP contribution in [0, 0.1) is 6.92 Å². The molecule has 2 aromatic rings. The Morgan fingerprint density at radius 2 is 2.35 bits per heavy atom. The lowest BCUT2D eigenvalue weighted by molar-refractivity contribution is -0.130. The summed E-state index contributed by atoms with van der Waals surface area (Å²) in [6.45, 7) is 1.91. The van der Waals surface area contributed by atoms with Crippen LogP contribution in [0.3, 0.4) is 0 Å². The largest absolute Gasteiger partial charge is 0.478 e. The summed E-state index contributed by atoms with van der Waals surface area (Å²) in [4.78, 5) is 12.0. The number of aryl methyl sites for hydroxylation is 1. The van der Waals surface area contributed by atoms with Gasteiger partial charge >= 0.3 is 5.97 Å². The van der Waals surface area contributed by atoms with Crippen LogP contribution in [0.15, 0.2) is 23.7 Å². The Morgan fingerprint density at radius 1 is 1.59 bits per heavy atom. The van der Waals surface area contributed by atoms with Crippen molar-refractivity contribution in [1.82, 2.24) is 9.78 Å². The van der Waals surface area contributed by atoms with Crippen molar-refractivity contribution in [2.24, 2.45) is 7.05 Å². The maximum Gasteiger partial charge on any atom is 0.337 e. The molecule has 4 nitrogen and oxygen atoms in total. The van der Waals surface area contributed by atoms with Gasteiger partial charge in [0.2, 0.25) is 0 Å². The third-order valence-corrected chi connectivity index (χ3v) is 3.49. The molecule has 0 atom stereocenters. The Morgan fingerprint density at radius 3 is 2.82 bits per heavy atom. The molecule has 17 heavy (non-hydrogen) atoms. The van der Waals surface area contributed by atoms with E-state index >= 15 is 0 Å². The molecule has 0 spiro atoms. The number of carboxylic acid groups (broad SMARTS) is 1. The highest BCUT2D eigenvalue weighted by Crippen LogP contribution is 2.23. The van der Waals surface area contributed by atoms with Gasteiger partial charge in [-0.2, -0.15) is 5.10 Å². The van der Waals surface area contributed by atoms with Gasteiger partial charge in [0.15, 0.2) is 0 Å². The highest BCUT2D eigenvalue weighted by atomic mass is 32.1. The van der Waals surface area contributed by atoms with Gasteiger partial charge in [-0.25, -0.2) is 4.79 Å². The van der Waals surface area contributed by atoms with E-state index in [0.29, 0.717) is 5.57 Å². The minimum Gasteiger partial charge on any atom is -0.478 e. The number of aromatic nitrogens is 2. The summed E-state index contributed by atoms with van der Waals surface area (Å²) in [5, 5.41) is 15.2. The molecule has 0 saturated carbocycles. The molecular formula is C12H12N2O2S. The fourth-order valence-corrected chi connectivity index (χ4v) is 2.22. The maximum atomic E-state index is 11.2. The SMILES string of the molecule is Cc1c(C=C(C(=O)O)c2cccs2)cnn1C. The van der Waals surface area contributed by atoms with E-state index in [1.165, 1.54) is 11.3 Å². The first-order valence-corrected chi connectivity index (χ1v) is 5.95. The summed E-state index contributed by atoms with van der Waals surface area (Å²) >= 11 is 1.41. The fraction of sp³-hybridized carbons (Fsp3) is 0.167. The number of carbonyl (C=O) groups is 1. The molecule has 1 N–H and O–H groups in total. The van der Waals surface area contributed by atoms with Crippen LogP contribution in [0.25, 0.3) is 11.6 Å². The van der Waals surface area contributed by atoms with E-state index in [1.54, 1.807) is 23.0 Å². The molecule has 0 bridgehead atoms. The van der Waals surface area contributed by atoms with Gasteiger partial charge < -0.3 is 5.11 Å². The van der Waals surface area contributed by atoms with E-state index in [2.05, 4.69) is 5.10 Å². The molecule has 0 amide bonds. The van der Waals surface area contributed by atoms with Crippen molar-refractivity contribution in [2.45, 2.75) is 6.92 Å². The Hall–Kier alpha value is -1.88. The summed E-state index contributed by atoms with van der Waals surface area (Å²) in [6.07, 6.45) is 3.34. The van der Waals surface area contributed by atoms with Crippen molar-refractivity contribution in [2.75, 3.05) is 0 Å². The van der Waals surface area contributed by atoms with Gasteiger partial charge in [0.1, 0.15) is 0 Å². The predicted octanol–water partition coefficient (Wildman–Crippen LogP) is 2.42. The van der Waals surface area contributed by atoms with E-state index in [-0.39, 0.29) is 0 Å².